The average Bonchev–Trinajstić information content (AvgIpc) is 2.73. The van der Waals surface area contributed by atoms with Gasteiger partial charge in [0.05, 0.1) is 11.3 Å². The molecular weight excluding hydrogens is 369 g/mol. The Morgan fingerprint density at radius 1 is 1.04 bits per heavy atom. The quantitative estimate of drug-likeness (QED) is 0.655. The van der Waals surface area contributed by atoms with Crippen LogP contribution in [-0.4, -0.2) is 29.5 Å². The van der Waals surface area contributed by atoms with E-state index in [1.54, 1.807) is 18.5 Å². The number of amides is 1. The van der Waals surface area contributed by atoms with Crippen molar-refractivity contribution in [3.63, 3.8) is 0 Å². The van der Waals surface area contributed by atoms with E-state index in [9.17, 15) is 18.0 Å². The molecule has 1 N–H and O–H groups in total. The lowest BCUT2D eigenvalue weighted by Crippen LogP contribution is -2.22. The predicted molar refractivity (Wildman–Crippen MR) is 99.7 cm³/mol. The van der Waals surface area contributed by atoms with Crippen molar-refractivity contribution >= 4 is 17.4 Å². The maximum Gasteiger partial charge on any atom is 0.257 e. The lowest BCUT2D eigenvalue weighted by Gasteiger charge is -2.18. The standard InChI is InChI=1S/C20H17F3N4O/c1-27(11-8-13-6-9-24-10-7-13)17-5-2-14(12-25-17)20(28)26-16-4-3-15(21)18(22)19(16)23/h2-7,9-10,12H,8,11H2,1H3,(H,26,28). The Kier molecular flexibility index (Phi) is 5.88. The number of carbonyl (C=O) groups is 1. The van der Waals surface area contributed by atoms with Crippen molar-refractivity contribution in [2.24, 2.45) is 0 Å². The number of halogens is 3. The van der Waals surface area contributed by atoms with Crippen LogP contribution in [0.15, 0.2) is 55.0 Å². The summed E-state index contributed by atoms with van der Waals surface area (Å²) in [7, 11) is 1.87. The third kappa shape index (κ3) is 4.46. The first-order valence-electron chi connectivity index (χ1n) is 8.46. The van der Waals surface area contributed by atoms with Crippen LogP contribution in [0.3, 0.4) is 0 Å². The number of hydrogen-bond donors (Lipinski definition) is 1. The van der Waals surface area contributed by atoms with E-state index in [2.05, 4.69) is 15.3 Å². The zero-order valence-electron chi connectivity index (χ0n) is 15.0. The van der Waals surface area contributed by atoms with Gasteiger partial charge in [-0.3, -0.25) is 9.78 Å². The lowest BCUT2D eigenvalue weighted by atomic mass is 10.2. The van der Waals surface area contributed by atoms with Crippen molar-refractivity contribution < 1.29 is 18.0 Å². The second-order valence-corrected chi connectivity index (χ2v) is 6.11. The minimum absolute atomic E-state index is 0.162. The topological polar surface area (TPSA) is 58.1 Å². The molecule has 0 fully saturated rings. The first kappa shape index (κ1) is 19.3. The van der Waals surface area contributed by atoms with Crippen molar-refractivity contribution in [2.75, 3.05) is 23.8 Å². The summed E-state index contributed by atoms with van der Waals surface area (Å²) in [5, 5.41) is 2.21. The maximum absolute atomic E-state index is 13.7. The monoisotopic (exact) mass is 386 g/mol. The van der Waals surface area contributed by atoms with Gasteiger partial charge in [-0.2, -0.15) is 0 Å². The van der Waals surface area contributed by atoms with Crippen molar-refractivity contribution in [3.8, 4) is 0 Å². The van der Waals surface area contributed by atoms with E-state index in [1.165, 1.54) is 12.3 Å². The Balaban J connectivity index is 1.63. The van der Waals surface area contributed by atoms with Gasteiger partial charge in [-0.1, -0.05) is 0 Å². The fraction of sp³-hybridized carbons (Fsp3) is 0.150. The molecule has 0 aliphatic rings. The van der Waals surface area contributed by atoms with Crippen molar-refractivity contribution in [2.45, 2.75) is 6.42 Å². The van der Waals surface area contributed by atoms with Crippen LogP contribution in [0.2, 0.25) is 0 Å². The second-order valence-electron chi connectivity index (χ2n) is 6.11. The molecular formula is C20H17F3N4O. The summed E-state index contributed by atoms with van der Waals surface area (Å²) in [6.07, 6.45) is 5.61. The molecule has 1 amide bonds. The van der Waals surface area contributed by atoms with E-state index in [1.807, 2.05) is 24.1 Å². The van der Waals surface area contributed by atoms with Crippen molar-refractivity contribution in [3.05, 3.63) is 83.6 Å². The first-order valence-corrected chi connectivity index (χ1v) is 8.46. The van der Waals surface area contributed by atoms with Crippen LogP contribution in [0.5, 0.6) is 0 Å². The number of anilines is 2. The van der Waals surface area contributed by atoms with Crippen molar-refractivity contribution in [1.29, 1.82) is 0 Å². The highest BCUT2D eigenvalue weighted by Gasteiger charge is 2.16. The highest BCUT2D eigenvalue weighted by atomic mass is 19.2. The number of nitrogens with zero attached hydrogens (tertiary/aromatic N) is 3. The molecule has 1 aromatic carbocycles. The third-order valence-electron chi connectivity index (χ3n) is 4.17. The van der Waals surface area contributed by atoms with Crippen LogP contribution in [0.1, 0.15) is 15.9 Å². The van der Waals surface area contributed by atoms with Gasteiger partial charge in [0.15, 0.2) is 17.5 Å². The maximum atomic E-state index is 13.7. The zero-order valence-corrected chi connectivity index (χ0v) is 15.0. The average molecular weight is 386 g/mol. The highest BCUT2D eigenvalue weighted by molar-refractivity contribution is 6.04. The van der Waals surface area contributed by atoms with Crippen molar-refractivity contribution in [1.82, 2.24) is 9.97 Å². The van der Waals surface area contributed by atoms with E-state index >= 15 is 0 Å². The Morgan fingerprint density at radius 3 is 2.46 bits per heavy atom. The summed E-state index contributed by atoms with van der Waals surface area (Å²) in [5.41, 5.74) is 0.865. The number of rotatable bonds is 6. The third-order valence-corrected chi connectivity index (χ3v) is 4.17. The van der Waals surface area contributed by atoms with E-state index < -0.39 is 29.0 Å². The largest absolute Gasteiger partial charge is 0.359 e. The van der Waals surface area contributed by atoms with E-state index in [4.69, 9.17) is 0 Å². The Labute approximate surface area is 159 Å². The molecule has 0 aliphatic heterocycles. The molecule has 0 saturated carbocycles. The molecule has 3 aromatic rings. The minimum Gasteiger partial charge on any atom is -0.359 e. The number of likely N-dealkylation sites (N-methyl/N-ethyl adjacent to an activating group) is 1. The smallest absolute Gasteiger partial charge is 0.257 e. The van der Waals surface area contributed by atoms with Crippen LogP contribution in [-0.2, 0) is 6.42 Å². The molecule has 8 heteroatoms. The molecule has 28 heavy (non-hydrogen) atoms. The second kappa shape index (κ2) is 8.51. The van der Waals surface area contributed by atoms with Gasteiger partial charge in [0.1, 0.15) is 5.82 Å². The summed E-state index contributed by atoms with van der Waals surface area (Å²) in [6.45, 7) is 0.711. The SMILES string of the molecule is CN(CCc1ccncc1)c1ccc(C(=O)Nc2ccc(F)c(F)c2F)cn1. The molecule has 0 unspecified atom stereocenters. The van der Waals surface area contributed by atoms with Crippen LogP contribution in [0, 0.1) is 17.5 Å². The van der Waals surface area contributed by atoms with Crippen LogP contribution >= 0.6 is 0 Å². The predicted octanol–water partition coefficient (Wildman–Crippen LogP) is 3.83. The van der Waals surface area contributed by atoms with E-state index in [0.717, 1.165) is 24.1 Å². The molecule has 0 radical (unpaired) electrons. The van der Waals surface area contributed by atoms with Gasteiger partial charge in [0, 0.05) is 32.2 Å². The zero-order chi connectivity index (χ0) is 20.1. The molecule has 0 saturated heterocycles. The summed E-state index contributed by atoms with van der Waals surface area (Å²) in [5.74, 6) is -4.43. The van der Waals surface area contributed by atoms with Gasteiger partial charge in [-0.15, -0.1) is 0 Å². The van der Waals surface area contributed by atoms with Gasteiger partial charge in [-0.05, 0) is 48.4 Å². The van der Waals surface area contributed by atoms with Crippen LogP contribution in [0.25, 0.3) is 0 Å². The minimum atomic E-state index is -1.64. The number of aromatic nitrogens is 2. The number of pyridine rings is 2. The lowest BCUT2D eigenvalue weighted by molar-refractivity contribution is 0.102. The number of nitrogens with one attached hydrogen (secondary N) is 1. The first-order chi connectivity index (χ1) is 13.5. The molecule has 0 atom stereocenters. The Morgan fingerprint density at radius 2 is 1.79 bits per heavy atom. The summed E-state index contributed by atoms with van der Waals surface area (Å²) < 4.78 is 39.9. The number of carbonyl (C=O) groups excluding carboxylic acids is 1. The van der Waals surface area contributed by atoms with Crippen LogP contribution < -0.4 is 10.2 Å². The van der Waals surface area contributed by atoms with Gasteiger partial charge >= 0.3 is 0 Å². The van der Waals surface area contributed by atoms with Gasteiger partial charge in [0.25, 0.3) is 5.91 Å². The summed E-state index contributed by atoms with van der Waals surface area (Å²) in [4.78, 5) is 22.3. The number of benzene rings is 1. The molecule has 5 nitrogen and oxygen atoms in total. The molecule has 144 valence electrons. The normalized spacial score (nSPS) is 10.6. The number of hydrogen-bond acceptors (Lipinski definition) is 4. The summed E-state index contributed by atoms with van der Waals surface area (Å²) in [6, 6.07) is 8.76. The molecule has 2 heterocycles. The van der Waals surface area contributed by atoms with Crippen LogP contribution in [0.4, 0.5) is 24.7 Å². The molecule has 3 rings (SSSR count). The molecule has 0 spiro atoms. The Bertz CT molecular complexity index is 965. The molecule has 0 aliphatic carbocycles. The Hall–Kier alpha value is -3.42. The summed E-state index contributed by atoms with van der Waals surface area (Å²) >= 11 is 0. The van der Waals surface area contributed by atoms with Gasteiger partial charge in [-0.25, -0.2) is 18.2 Å². The highest BCUT2D eigenvalue weighted by Crippen LogP contribution is 2.20. The molecule has 0 bridgehead atoms. The van der Waals surface area contributed by atoms with Gasteiger partial charge in [0.2, 0.25) is 0 Å². The fourth-order valence-corrected chi connectivity index (χ4v) is 2.52. The fourth-order valence-electron chi connectivity index (χ4n) is 2.52. The van der Waals surface area contributed by atoms with Gasteiger partial charge < -0.3 is 10.2 Å². The van der Waals surface area contributed by atoms with E-state index in [0.29, 0.717) is 12.4 Å². The molecule has 2 aromatic heterocycles. The van der Waals surface area contributed by atoms with E-state index in [-0.39, 0.29) is 5.56 Å².